The van der Waals surface area contributed by atoms with Crippen molar-refractivity contribution in [3.63, 3.8) is 0 Å². The molecule has 0 radical (unpaired) electrons. The van der Waals surface area contributed by atoms with Crippen molar-refractivity contribution >= 4 is 39.1 Å². The van der Waals surface area contributed by atoms with Crippen molar-refractivity contribution in [2.75, 3.05) is 0 Å². The molecule has 3 N–H and O–H groups in total. The third kappa shape index (κ3) is 2.84. The molecule has 2 aromatic rings. The SMILES string of the molecule is NNC(c1cc(Cl)cc(Cl)c1)c1occc1Br. The van der Waals surface area contributed by atoms with Gasteiger partial charge in [-0.05, 0) is 45.8 Å². The second-order valence-electron chi connectivity index (χ2n) is 3.44. The van der Waals surface area contributed by atoms with Crippen molar-refractivity contribution in [1.29, 1.82) is 0 Å². The second kappa shape index (κ2) is 5.42. The maximum Gasteiger partial charge on any atom is 0.140 e. The molecule has 1 unspecified atom stereocenters. The van der Waals surface area contributed by atoms with Gasteiger partial charge in [-0.25, -0.2) is 5.43 Å². The molecule has 1 aromatic heterocycles. The lowest BCUT2D eigenvalue weighted by molar-refractivity contribution is 0.450. The summed E-state index contributed by atoms with van der Waals surface area (Å²) in [5.41, 5.74) is 3.51. The summed E-state index contributed by atoms with van der Waals surface area (Å²) in [5.74, 6) is 6.22. The minimum atomic E-state index is -0.310. The first-order valence-corrected chi connectivity index (χ1v) is 6.31. The molecule has 1 heterocycles. The first-order chi connectivity index (χ1) is 8.11. The van der Waals surface area contributed by atoms with Gasteiger partial charge in [-0.3, -0.25) is 5.84 Å². The number of furan rings is 1. The number of nitrogens with one attached hydrogen (secondary N) is 1. The fraction of sp³-hybridized carbons (Fsp3) is 0.0909. The van der Waals surface area contributed by atoms with Crippen molar-refractivity contribution in [3.05, 3.63) is 56.4 Å². The summed E-state index contributed by atoms with van der Waals surface area (Å²) < 4.78 is 6.21. The number of hydrazine groups is 1. The van der Waals surface area contributed by atoms with Gasteiger partial charge in [0.1, 0.15) is 11.8 Å². The Balaban J connectivity index is 2.45. The fourth-order valence-electron chi connectivity index (χ4n) is 1.58. The summed E-state index contributed by atoms with van der Waals surface area (Å²) in [5, 5.41) is 1.10. The van der Waals surface area contributed by atoms with Crippen LogP contribution in [0.1, 0.15) is 17.4 Å². The van der Waals surface area contributed by atoms with Gasteiger partial charge in [0.25, 0.3) is 0 Å². The number of halogens is 3. The van der Waals surface area contributed by atoms with Gasteiger partial charge in [0.15, 0.2) is 0 Å². The van der Waals surface area contributed by atoms with Gasteiger partial charge in [0.05, 0.1) is 10.7 Å². The van der Waals surface area contributed by atoms with Crippen LogP contribution in [-0.4, -0.2) is 0 Å². The summed E-state index contributed by atoms with van der Waals surface area (Å²) >= 11 is 15.3. The molecule has 1 atom stereocenters. The van der Waals surface area contributed by atoms with E-state index in [1.165, 1.54) is 0 Å². The van der Waals surface area contributed by atoms with Crippen molar-refractivity contribution in [1.82, 2.24) is 5.43 Å². The van der Waals surface area contributed by atoms with Gasteiger partial charge >= 0.3 is 0 Å². The Morgan fingerprint density at radius 2 is 1.88 bits per heavy atom. The van der Waals surface area contributed by atoms with E-state index in [2.05, 4.69) is 21.4 Å². The monoisotopic (exact) mass is 334 g/mol. The van der Waals surface area contributed by atoms with E-state index < -0.39 is 0 Å². The number of benzene rings is 1. The van der Waals surface area contributed by atoms with Crippen LogP contribution < -0.4 is 11.3 Å². The average molecular weight is 336 g/mol. The highest BCUT2D eigenvalue weighted by molar-refractivity contribution is 9.10. The van der Waals surface area contributed by atoms with Crippen LogP contribution in [0.5, 0.6) is 0 Å². The van der Waals surface area contributed by atoms with E-state index in [0.717, 1.165) is 10.0 Å². The minimum Gasteiger partial charge on any atom is -0.466 e. The Labute approximate surface area is 117 Å². The van der Waals surface area contributed by atoms with E-state index in [4.69, 9.17) is 33.5 Å². The largest absolute Gasteiger partial charge is 0.466 e. The molecule has 0 aliphatic heterocycles. The third-order valence-corrected chi connectivity index (χ3v) is 3.38. The Bertz CT molecular complexity index is 510. The molecular weight excluding hydrogens is 327 g/mol. The molecule has 2 rings (SSSR count). The molecule has 0 bridgehead atoms. The molecular formula is C11H9BrCl2N2O. The van der Waals surface area contributed by atoms with Gasteiger partial charge in [0, 0.05) is 10.0 Å². The lowest BCUT2D eigenvalue weighted by Gasteiger charge is -2.15. The number of hydrogen-bond acceptors (Lipinski definition) is 3. The molecule has 6 heteroatoms. The van der Waals surface area contributed by atoms with E-state index in [9.17, 15) is 0 Å². The zero-order valence-electron chi connectivity index (χ0n) is 8.58. The molecule has 1 aromatic carbocycles. The Kier molecular flexibility index (Phi) is 4.12. The van der Waals surface area contributed by atoms with Crippen LogP contribution in [0.4, 0.5) is 0 Å². The fourth-order valence-corrected chi connectivity index (χ4v) is 2.55. The maximum atomic E-state index is 5.96. The molecule has 0 saturated carbocycles. The van der Waals surface area contributed by atoms with Crippen molar-refractivity contribution in [2.24, 2.45) is 5.84 Å². The highest BCUT2D eigenvalue weighted by Crippen LogP contribution is 2.31. The molecule has 0 spiro atoms. The predicted molar refractivity (Wildman–Crippen MR) is 72.0 cm³/mol. The van der Waals surface area contributed by atoms with Crippen LogP contribution in [0, 0.1) is 0 Å². The van der Waals surface area contributed by atoms with Gasteiger partial charge in [0.2, 0.25) is 0 Å². The molecule has 0 aliphatic carbocycles. The van der Waals surface area contributed by atoms with Crippen LogP contribution in [0.15, 0.2) is 39.4 Å². The zero-order chi connectivity index (χ0) is 12.4. The van der Waals surface area contributed by atoms with Gasteiger partial charge in [-0.1, -0.05) is 23.2 Å². The Hall–Kier alpha value is -0.520. The standard InChI is InChI=1S/C11H9BrCl2N2O/c12-9-1-2-17-11(9)10(16-15)6-3-7(13)5-8(14)4-6/h1-5,10,16H,15H2. The highest BCUT2D eigenvalue weighted by Gasteiger charge is 2.19. The van der Waals surface area contributed by atoms with E-state index in [1.54, 1.807) is 30.5 Å². The third-order valence-electron chi connectivity index (χ3n) is 2.29. The van der Waals surface area contributed by atoms with Crippen LogP contribution in [0.3, 0.4) is 0 Å². The van der Waals surface area contributed by atoms with E-state index in [-0.39, 0.29) is 6.04 Å². The lowest BCUT2D eigenvalue weighted by atomic mass is 10.1. The molecule has 90 valence electrons. The molecule has 0 aliphatic rings. The van der Waals surface area contributed by atoms with Crippen LogP contribution in [-0.2, 0) is 0 Å². The molecule has 0 amide bonds. The normalized spacial score (nSPS) is 12.7. The number of rotatable bonds is 3. The van der Waals surface area contributed by atoms with Gasteiger partial charge in [-0.15, -0.1) is 0 Å². The number of nitrogens with two attached hydrogens (primary N) is 1. The van der Waals surface area contributed by atoms with E-state index in [0.29, 0.717) is 15.8 Å². The Morgan fingerprint density at radius 3 is 2.35 bits per heavy atom. The van der Waals surface area contributed by atoms with Crippen LogP contribution in [0.2, 0.25) is 10.0 Å². The second-order valence-corrected chi connectivity index (χ2v) is 5.16. The Morgan fingerprint density at radius 1 is 1.24 bits per heavy atom. The maximum absolute atomic E-state index is 5.96. The predicted octanol–water partition coefficient (Wildman–Crippen LogP) is 3.90. The van der Waals surface area contributed by atoms with Gasteiger partial charge in [-0.2, -0.15) is 0 Å². The smallest absolute Gasteiger partial charge is 0.140 e. The summed E-state index contributed by atoms with van der Waals surface area (Å²) in [6.07, 6.45) is 1.58. The highest BCUT2D eigenvalue weighted by atomic mass is 79.9. The topological polar surface area (TPSA) is 51.2 Å². The summed E-state index contributed by atoms with van der Waals surface area (Å²) in [4.78, 5) is 0. The summed E-state index contributed by atoms with van der Waals surface area (Å²) in [6, 6.07) is 6.72. The van der Waals surface area contributed by atoms with Crippen molar-refractivity contribution in [2.45, 2.75) is 6.04 Å². The molecule has 0 saturated heterocycles. The lowest BCUT2D eigenvalue weighted by Crippen LogP contribution is -2.28. The van der Waals surface area contributed by atoms with Crippen LogP contribution in [0.25, 0.3) is 0 Å². The molecule has 0 fully saturated rings. The van der Waals surface area contributed by atoms with Crippen LogP contribution >= 0.6 is 39.1 Å². The zero-order valence-corrected chi connectivity index (χ0v) is 11.7. The van der Waals surface area contributed by atoms with Gasteiger partial charge < -0.3 is 4.42 Å². The van der Waals surface area contributed by atoms with Crippen molar-refractivity contribution in [3.8, 4) is 0 Å². The first kappa shape index (κ1) is 12.9. The average Bonchev–Trinajstić information content (AvgIpc) is 2.65. The first-order valence-electron chi connectivity index (χ1n) is 4.77. The van der Waals surface area contributed by atoms with E-state index >= 15 is 0 Å². The van der Waals surface area contributed by atoms with E-state index in [1.807, 2.05) is 0 Å². The molecule has 17 heavy (non-hydrogen) atoms. The van der Waals surface area contributed by atoms with Crippen molar-refractivity contribution < 1.29 is 4.42 Å². The molecule has 3 nitrogen and oxygen atoms in total. The minimum absolute atomic E-state index is 0.310. The summed E-state index contributed by atoms with van der Waals surface area (Å²) in [7, 11) is 0. The quantitative estimate of drug-likeness (QED) is 0.660. The summed E-state index contributed by atoms with van der Waals surface area (Å²) in [6.45, 7) is 0. The number of hydrogen-bond donors (Lipinski definition) is 2.